The molecule has 0 bridgehead atoms. The summed E-state index contributed by atoms with van der Waals surface area (Å²) >= 11 is 0. The van der Waals surface area contributed by atoms with Crippen LogP contribution in [0.15, 0.2) is 73.1 Å². The number of rotatable bonds is 10. The van der Waals surface area contributed by atoms with Crippen LogP contribution in [-0.2, 0) is 20.9 Å². The number of hydrogen-bond donors (Lipinski definition) is 1. The van der Waals surface area contributed by atoms with E-state index in [2.05, 4.69) is 20.6 Å². The molecule has 1 atom stereocenters. The highest BCUT2D eigenvalue weighted by molar-refractivity contribution is 6.02. The van der Waals surface area contributed by atoms with Crippen LogP contribution in [0.4, 0.5) is 5.69 Å². The molecule has 4 rings (SSSR count). The van der Waals surface area contributed by atoms with E-state index in [4.69, 9.17) is 4.74 Å². The fourth-order valence-electron chi connectivity index (χ4n) is 4.12. The van der Waals surface area contributed by atoms with Gasteiger partial charge in [-0.2, -0.15) is 0 Å². The first-order valence-corrected chi connectivity index (χ1v) is 12.8. The van der Waals surface area contributed by atoms with Gasteiger partial charge in [0, 0.05) is 29.2 Å². The van der Waals surface area contributed by atoms with E-state index in [1.54, 1.807) is 55.7 Å². The second-order valence-electron chi connectivity index (χ2n) is 9.69. The van der Waals surface area contributed by atoms with E-state index in [1.807, 2.05) is 45.0 Å². The summed E-state index contributed by atoms with van der Waals surface area (Å²) in [5.74, 6) is -1.33. The maximum Gasteiger partial charge on any atom is 0.338 e. The van der Waals surface area contributed by atoms with Gasteiger partial charge >= 0.3 is 5.97 Å². The number of pyridine rings is 1. The van der Waals surface area contributed by atoms with Crippen molar-refractivity contribution in [1.29, 1.82) is 0 Å². The lowest BCUT2D eigenvalue weighted by Gasteiger charge is -2.34. The Labute approximate surface area is 227 Å². The Morgan fingerprint density at radius 3 is 2.56 bits per heavy atom. The second-order valence-corrected chi connectivity index (χ2v) is 9.69. The Bertz CT molecular complexity index is 1470. The summed E-state index contributed by atoms with van der Waals surface area (Å²) in [5, 5.41) is 11.4. The van der Waals surface area contributed by atoms with Crippen molar-refractivity contribution in [2.45, 2.75) is 52.2 Å². The van der Waals surface area contributed by atoms with Gasteiger partial charge in [-0.3, -0.25) is 19.5 Å². The van der Waals surface area contributed by atoms with Gasteiger partial charge in [0.05, 0.1) is 17.7 Å². The summed E-state index contributed by atoms with van der Waals surface area (Å²) in [7, 11) is 0. The minimum absolute atomic E-state index is 0.189. The highest BCUT2D eigenvalue weighted by atomic mass is 16.5. The number of benzene rings is 2. The Hall–Kier alpha value is -4.60. The highest BCUT2D eigenvalue weighted by Gasteiger charge is 2.35. The summed E-state index contributed by atoms with van der Waals surface area (Å²) in [6.45, 7) is 7.54. The van der Waals surface area contributed by atoms with Crippen molar-refractivity contribution in [2.24, 2.45) is 0 Å². The first-order valence-electron chi connectivity index (χ1n) is 12.8. The van der Waals surface area contributed by atoms with Gasteiger partial charge in [0.1, 0.15) is 18.1 Å². The third-order valence-electron chi connectivity index (χ3n) is 6.46. The number of para-hydroxylation sites is 1. The summed E-state index contributed by atoms with van der Waals surface area (Å²) in [4.78, 5) is 46.2. The Kier molecular flexibility index (Phi) is 8.33. The van der Waals surface area contributed by atoms with Gasteiger partial charge in [0.25, 0.3) is 0 Å². The van der Waals surface area contributed by atoms with Crippen molar-refractivity contribution in [1.82, 2.24) is 25.3 Å². The lowest BCUT2D eigenvalue weighted by atomic mass is 9.98. The van der Waals surface area contributed by atoms with Crippen LogP contribution in [0.3, 0.4) is 0 Å². The van der Waals surface area contributed by atoms with Crippen molar-refractivity contribution in [3.05, 3.63) is 84.2 Å². The average molecular weight is 529 g/mol. The van der Waals surface area contributed by atoms with Gasteiger partial charge < -0.3 is 10.1 Å². The number of carbonyl (C=O) groups is 3. The number of amides is 2. The summed E-state index contributed by atoms with van der Waals surface area (Å²) < 4.78 is 6.67. The molecule has 0 saturated carbocycles. The van der Waals surface area contributed by atoms with Crippen molar-refractivity contribution in [3.8, 4) is 0 Å². The van der Waals surface area contributed by atoms with E-state index in [-0.39, 0.29) is 24.6 Å². The first kappa shape index (κ1) is 27.4. The van der Waals surface area contributed by atoms with Gasteiger partial charge in [-0.05, 0) is 63.6 Å². The molecule has 0 fully saturated rings. The predicted octanol–water partition coefficient (Wildman–Crippen LogP) is 4.08. The number of nitrogens with zero attached hydrogens (tertiary/aromatic N) is 5. The normalized spacial score (nSPS) is 12.1. The zero-order chi connectivity index (χ0) is 28.0. The molecule has 0 radical (unpaired) electrons. The van der Waals surface area contributed by atoms with Crippen molar-refractivity contribution in [2.75, 3.05) is 11.5 Å². The zero-order valence-electron chi connectivity index (χ0n) is 22.5. The molecule has 10 nitrogen and oxygen atoms in total. The van der Waals surface area contributed by atoms with Crippen LogP contribution in [0.25, 0.3) is 11.0 Å². The molecule has 0 aliphatic carbocycles. The molecule has 1 N–H and O–H groups in total. The predicted molar refractivity (Wildman–Crippen MR) is 147 cm³/mol. The molecule has 2 aromatic carbocycles. The number of ether oxygens (including phenoxy) is 1. The fourth-order valence-corrected chi connectivity index (χ4v) is 4.12. The van der Waals surface area contributed by atoms with Crippen LogP contribution in [0.5, 0.6) is 0 Å². The lowest BCUT2D eigenvalue weighted by Crippen LogP contribution is -2.51. The molecule has 0 unspecified atom stereocenters. The van der Waals surface area contributed by atoms with E-state index < -0.39 is 23.5 Å². The molecule has 10 heteroatoms. The molecule has 0 aliphatic heterocycles. The molecule has 202 valence electrons. The minimum atomic E-state index is -1.08. The highest BCUT2D eigenvalue weighted by Crippen LogP contribution is 2.30. The average Bonchev–Trinajstić information content (AvgIpc) is 3.34. The number of nitrogens with one attached hydrogen (secondary N) is 1. The Morgan fingerprint density at radius 2 is 1.85 bits per heavy atom. The molecule has 0 saturated heterocycles. The fraction of sp³-hybridized carbons (Fsp3) is 0.310. The number of esters is 1. The number of anilines is 1. The maximum absolute atomic E-state index is 14.1. The molecule has 2 aromatic heterocycles. The van der Waals surface area contributed by atoms with Gasteiger partial charge in [-0.1, -0.05) is 36.4 Å². The molecule has 39 heavy (non-hydrogen) atoms. The van der Waals surface area contributed by atoms with E-state index in [0.717, 1.165) is 0 Å². The third kappa shape index (κ3) is 6.28. The number of carbonyl (C=O) groups excluding carboxylic acids is 3. The third-order valence-corrected chi connectivity index (χ3v) is 6.46. The minimum Gasteiger partial charge on any atom is -0.462 e. The smallest absolute Gasteiger partial charge is 0.338 e. The topological polar surface area (TPSA) is 119 Å². The Balaban J connectivity index is 1.84. The van der Waals surface area contributed by atoms with Gasteiger partial charge in [0.15, 0.2) is 0 Å². The molecule has 2 amide bonds. The van der Waals surface area contributed by atoms with Crippen LogP contribution in [0.2, 0.25) is 0 Å². The molecular formula is C29H32N6O4. The van der Waals surface area contributed by atoms with Crippen molar-refractivity contribution >= 4 is 34.5 Å². The van der Waals surface area contributed by atoms with E-state index in [9.17, 15) is 14.4 Å². The van der Waals surface area contributed by atoms with Crippen LogP contribution in [0.1, 0.15) is 56.1 Å². The molecule has 4 aromatic rings. The summed E-state index contributed by atoms with van der Waals surface area (Å²) in [6.07, 6.45) is 3.84. The van der Waals surface area contributed by atoms with E-state index in [1.165, 1.54) is 9.58 Å². The Morgan fingerprint density at radius 1 is 1.05 bits per heavy atom. The van der Waals surface area contributed by atoms with Crippen LogP contribution >= 0.6 is 0 Å². The van der Waals surface area contributed by atoms with Gasteiger partial charge in [-0.25, -0.2) is 9.48 Å². The maximum atomic E-state index is 14.1. The molecule has 0 aliphatic rings. The number of hydrogen-bond acceptors (Lipinski definition) is 7. The SMILES string of the molecule is CCOC(=O)c1cccc(N(C(=O)Cn2nnc3ccccc32)[C@@H](C(=O)NC(C)(C)CC)c2cccnc2)c1. The van der Waals surface area contributed by atoms with Crippen LogP contribution in [0, 0.1) is 0 Å². The lowest BCUT2D eigenvalue weighted by molar-refractivity contribution is -0.128. The second kappa shape index (κ2) is 11.8. The summed E-state index contributed by atoms with van der Waals surface area (Å²) in [5.41, 5.74) is 1.93. The zero-order valence-corrected chi connectivity index (χ0v) is 22.5. The van der Waals surface area contributed by atoms with Crippen LogP contribution < -0.4 is 10.2 Å². The molecule has 0 spiro atoms. The summed E-state index contributed by atoms with van der Waals surface area (Å²) in [6, 6.07) is 16.2. The van der Waals surface area contributed by atoms with Gasteiger partial charge in [0.2, 0.25) is 11.8 Å². The monoisotopic (exact) mass is 528 g/mol. The largest absolute Gasteiger partial charge is 0.462 e. The van der Waals surface area contributed by atoms with Crippen LogP contribution in [-0.4, -0.2) is 49.9 Å². The van der Waals surface area contributed by atoms with E-state index in [0.29, 0.717) is 28.7 Å². The van der Waals surface area contributed by atoms with E-state index >= 15 is 0 Å². The van der Waals surface area contributed by atoms with Crippen molar-refractivity contribution in [3.63, 3.8) is 0 Å². The standard InChI is InChI=1S/C29H32N6O4/c1-5-29(3,4)31-27(37)26(21-12-10-16-30-18-21)35(22-13-9-11-20(17-22)28(38)39-6-2)25(36)19-34-24-15-8-7-14-23(24)32-33-34/h7-18,26H,5-6,19H2,1-4H3,(H,31,37)/t26-/m1/s1. The quantitative estimate of drug-likeness (QED) is 0.308. The first-order chi connectivity index (χ1) is 18.7. The number of fused-ring (bicyclic) bond motifs is 1. The van der Waals surface area contributed by atoms with Gasteiger partial charge in [-0.15, -0.1) is 5.10 Å². The molecule has 2 heterocycles. The number of aromatic nitrogens is 4. The molecular weight excluding hydrogens is 496 g/mol. The van der Waals surface area contributed by atoms with Crippen molar-refractivity contribution < 1.29 is 19.1 Å².